The van der Waals surface area contributed by atoms with Gasteiger partial charge in [-0.25, -0.2) is 0 Å². The van der Waals surface area contributed by atoms with Gasteiger partial charge in [-0.3, -0.25) is 4.99 Å². The summed E-state index contributed by atoms with van der Waals surface area (Å²) in [6, 6.07) is 8.50. The Labute approximate surface area is 173 Å². The largest absolute Gasteiger partial charge is 0.396 e. The van der Waals surface area contributed by atoms with Crippen LogP contribution in [0, 0.1) is 5.41 Å². The molecule has 0 bridgehead atoms. The van der Waals surface area contributed by atoms with Crippen LogP contribution in [0.1, 0.15) is 36.8 Å². The fraction of sp³-hybridized carbons (Fsp3) is 0.682. The van der Waals surface area contributed by atoms with Gasteiger partial charge in [-0.2, -0.15) is 0 Å². The molecule has 1 aromatic rings. The number of aliphatic hydroxyl groups excluding tert-OH is 1. The van der Waals surface area contributed by atoms with E-state index in [0.717, 1.165) is 58.0 Å². The molecule has 3 rings (SSSR count). The van der Waals surface area contributed by atoms with Crippen LogP contribution in [-0.4, -0.2) is 63.8 Å². The number of hydrogen-bond acceptors (Lipinski definition) is 5. The molecule has 7 nitrogen and oxygen atoms in total. The molecule has 162 valence electrons. The van der Waals surface area contributed by atoms with Crippen LogP contribution < -0.4 is 10.6 Å². The van der Waals surface area contributed by atoms with E-state index >= 15 is 0 Å². The lowest BCUT2D eigenvalue weighted by Crippen LogP contribution is -2.44. The molecule has 7 heteroatoms. The van der Waals surface area contributed by atoms with Gasteiger partial charge in [-0.1, -0.05) is 24.3 Å². The van der Waals surface area contributed by atoms with Gasteiger partial charge in [-0.15, -0.1) is 0 Å². The van der Waals surface area contributed by atoms with Gasteiger partial charge >= 0.3 is 0 Å². The first-order valence-corrected chi connectivity index (χ1v) is 10.6. The highest BCUT2D eigenvalue weighted by atomic mass is 16.5. The minimum atomic E-state index is -0.00151. The molecule has 0 radical (unpaired) electrons. The Hall–Kier alpha value is -1.67. The Balaban J connectivity index is 1.40. The lowest BCUT2D eigenvalue weighted by Gasteiger charge is -2.27. The molecular formula is C22H35N3O4. The van der Waals surface area contributed by atoms with E-state index in [1.807, 2.05) is 0 Å². The second-order valence-corrected chi connectivity index (χ2v) is 7.99. The van der Waals surface area contributed by atoms with Gasteiger partial charge in [0, 0.05) is 52.0 Å². The molecule has 1 atom stereocenters. The molecule has 0 spiro atoms. The first kappa shape index (κ1) is 22.0. The predicted octanol–water partition coefficient (Wildman–Crippen LogP) is 1.84. The molecule has 0 saturated carbocycles. The zero-order chi connectivity index (χ0) is 20.4. The number of hydrogen-bond donors (Lipinski definition) is 3. The summed E-state index contributed by atoms with van der Waals surface area (Å²) in [6.07, 6.45) is 4.00. The Kier molecular flexibility index (Phi) is 8.73. The third-order valence-electron chi connectivity index (χ3n) is 5.82. The Morgan fingerprint density at radius 3 is 2.55 bits per heavy atom. The van der Waals surface area contributed by atoms with E-state index in [4.69, 9.17) is 14.2 Å². The third kappa shape index (κ3) is 6.96. The Morgan fingerprint density at radius 1 is 1.14 bits per heavy atom. The van der Waals surface area contributed by atoms with E-state index in [1.54, 1.807) is 7.05 Å². The first-order valence-electron chi connectivity index (χ1n) is 10.6. The van der Waals surface area contributed by atoms with Crippen molar-refractivity contribution in [1.82, 2.24) is 10.6 Å². The summed E-state index contributed by atoms with van der Waals surface area (Å²) in [5.41, 5.74) is 2.38. The predicted molar refractivity (Wildman–Crippen MR) is 113 cm³/mol. The Bertz CT molecular complexity index is 623. The normalized spacial score (nSPS) is 23.3. The van der Waals surface area contributed by atoms with Crippen LogP contribution >= 0.6 is 0 Å². The average Bonchev–Trinajstić information content (AvgIpc) is 3.23. The molecule has 1 aromatic carbocycles. The van der Waals surface area contributed by atoms with Crippen LogP contribution in [0.25, 0.3) is 0 Å². The number of benzene rings is 1. The molecule has 2 fully saturated rings. The standard InChI is InChI=1S/C22H35N3O4/c1-23-21(25-16-22(8-10-26)9-13-28-17-22)24-14-18-2-4-19(5-3-18)15-29-20-6-11-27-12-7-20/h2-5,20,26H,6-17H2,1H3,(H2,23,24,25). The van der Waals surface area contributed by atoms with Crippen molar-refractivity contribution < 1.29 is 19.3 Å². The summed E-state index contributed by atoms with van der Waals surface area (Å²) in [5, 5.41) is 16.1. The number of rotatable bonds is 9. The highest BCUT2D eigenvalue weighted by Gasteiger charge is 2.34. The zero-order valence-electron chi connectivity index (χ0n) is 17.5. The lowest BCUT2D eigenvalue weighted by molar-refractivity contribution is -0.0390. The summed E-state index contributed by atoms with van der Waals surface area (Å²) in [4.78, 5) is 4.31. The van der Waals surface area contributed by atoms with Gasteiger partial charge in [0.2, 0.25) is 0 Å². The van der Waals surface area contributed by atoms with Crippen molar-refractivity contribution in [1.29, 1.82) is 0 Å². The van der Waals surface area contributed by atoms with Crippen molar-refractivity contribution in [3.05, 3.63) is 35.4 Å². The highest BCUT2D eigenvalue weighted by Crippen LogP contribution is 2.31. The highest BCUT2D eigenvalue weighted by molar-refractivity contribution is 5.79. The summed E-state index contributed by atoms with van der Waals surface area (Å²) >= 11 is 0. The van der Waals surface area contributed by atoms with Crippen LogP contribution in [0.15, 0.2) is 29.3 Å². The fourth-order valence-electron chi connectivity index (χ4n) is 3.80. The maximum Gasteiger partial charge on any atom is 0.191 e. The van der Waals surface area contributed by atoms with E-state index < -0.39 is 0 Å². The number of aliphatic hydroxyl groups is 1. The van der Waals surface area contributed by atoms with Crippen LogP contribution in [0.2, 0.25) is 0 Å². The van der Waals surface area contributed by atoms with Crippen molar-refractivity contribution in [2.45, 2.75) is 44.9 Å². The molecule has 2 aliphatic rings. The van der Waals surface area contributed by atoms with Crippen LogP contribution in [0.5, 0.6) is 0 Å². The molecule has 3 N–H and O–H groups in total. The van der Waals surface area contributed by atoms with Crippen LogP contribution in [0.4, 0.5) is 0 Å². The van der Waals surface area contributed by atoms with Crippen LogP contribution in [0.3, 0.4) is 0 Å². The van der Waals surface area contributed by atoms with Crippen molar-refractivity contribution in [3.63, 3.8) is 0 Å². The monoisotopic (exact) mass is 405 g/mol. The number of nitrogens with zero attached hydrogens (tertiary/aromatic N) is 1. The van der Waals surface area contributed by atoms with Crippen molar-refractivity contribution in [2.24, 2.45) is 10.4 Å². The van der Waals surface area contributed by atoms with Gasteiger partial charge in [0.1, 0.15) is 0 Å². The van der Waals surface area contributed by atoms with E-state index in [0.29, 0.717) is 25.9 Å². The fourth-order valence-corrected chi connectivity index (χ4v) is 3.80. The van der Waals surface area contributed by atoms with Gasteiger partial charge in [0.05, 0.1) is 19.3 Å². The molecule has 29 heavy (non-hydrogen) atoms. The number of nitrogens with one attached hydrogen (secondary N) is 2. The quantitative estimate of drug-likeness (QED) is 0.429. The van der Waals surface area contributed by atoms with Gasteiger partial charge in [0.25, 0.3) is 0 Å². The summed E-state index contributed by atoms with van der Waals surface area (Å²) < 4.78 is 16.9. The van der Waals surface area contributed by atoms with E-state index in [-0.39, 0.29) is 12.0 Å². The number of ether oxygens (including phenoxy) is 3. The van der Waals surface area contributed by atoms with E-state index in [2.05, 4.69) is 39.9 Å². The van der Waals surface area contributed by atoms with Gasteiger partial charge in [0.15, 0.2) is 5.96 Å². The van der Waals surface area contributed by atoms with Gasteiger partial charge in [-0.05, 0) is 36.8 Å². The first-order chi connectivity index (χ1) is 14.2. The van der Waals surface area contributed by atoms with E-state index in [1.165, 1.54) is 11.1 Å². The lowest BCUT2D eigenvalue weighted by atomic mass is 9.84. The maximum atomic E-state index is 9.36. The molecular weight excluding hydrogens is 370 g/mol. The number of guanidine groups is 1. The molecule has 0 aromatic heterocycles. The molecule has 2 heterocycles. The minimum absolute atomic E-state index is 0.00151. The minimum Gasteiger partial charge on any atom is -0.396 e. The SMILES string of the molecule is CN=C(NCc1ccc(COC2CCOCC2)cc1)NCC1(CCO)CCOC1. The van der Waals surface area contributed by atoms with Gasteiger partial charge < -0.3 is 30.0 Å². The molecule has 2 aliphatic heterocycles. The van der Waals surface area contributed by atoms with Crippen molar-refractivity contribution in [3.8, 4) is 0 Å². The van der Waals surface area contributed by atoms with Crippen molar-refractivity contribution >= 4 is 5.96 Å². The summed E-state index contributed by atoms with van der Waals surface area (Å²) in [5.74, 6) is 0.765. The van der Waals surface area contributed by atoms with Crippen LogP contribution in [-0.2, 0) is 27.4 Å². The smallest absolute Gasteiger partial charge is 0.191 e. The molecule has 2 saturated heterocycles. The average molecular weight is 406 g/mol. The summed E-state index contributed by atoms with van der Waals surface area (Å²) in [7, 11) is 1.77. The molecule has 1 unspecified atom stereocenters. The molecule has 0 amide bonds. The molecule has 0 aliphatic carbocycles. The Morgan fingerprint density at radius 2 is 1.90 bits per heavy atom. The second kappa shape index (κ2) is 11.5. The third-order valence-corrected chi connectivity index (χ3v) is 5.82. The summed E-state index contributed by atoms with van der Waals surface area (Å²) in [6.45, 7) is 5.34. The topological polar surface area (TPSA) is 84.3 Å². The second-order valence-electron chi connectivity index (χ2n) is 7.99. The maximum absolute atomic E-state index is 9.36. The number of aliphatic imine (C=N–C) groups is 1. The zero-order valence-corrected chi connectivity index (χ0v) is 17.5. The van der Waals surface area contributed by atoms with Crippen molar-refractivity contribution in [2.75, 3.05) is 46.6 Å². The van der Waals surface area contributed by atoms with E-state index in [9.17, 15) is 5.11 Å².